The molecule has 0 saturated heterocycles. The summed E-state index contributed by atoms with van der Waals surface area (Å²) in [6.07, 6.45) is 7.30. The minimum absolute atomic E-state index is 0.279. The van der Waals surface area contributed by atoms with Crippen LogP contribution in [-0.4, -0.2) is 6.04 Å². The SMILES string of the molecule is CCCCC[CH]C(C)N. The molecule has 0 rings (SSSR count). The van der Waals surface area contributed by atoms with E-state index in [2.05, 4.69) is 13.3 Å². The second-order valence-electron chi connectivity index (χ2n) is 2.59. The van der Waals surface area contributed by atoms with Crippen LogP contribution in [0.1, 0.15) is 39.5 Å². The smallest absolute Gasteiger partial charge is 0.00419 e. The summed E-state index contributed by atoms with van der Waals surface area (Å²) in [6.45, 7) is 4.23. The molecule has 0 saturated carbocycles. The molecule has 2 N–H and O–H groups in total. The summed E-state index contributed by atoms with van der Waals surface area (Å²) < 4.78 is 0. The van der Waals surface area contributed by atoms with E-state index in [1.54, 1.807) is 0 Å². The van der Waals surface area contributed by atoms with E-state index in [9.17, 15) is 0 Å². The third kappa shape index (κ3) is 7.96. The van der Waals surface area contributed by atoms with Crippen molar-refractivity contribution in [3.05, 3.63) is 6.42 Å². The molecule has 1 radical (unpaired) electrons. The van der Waals surface area contributed by atoms with Gasteiger partial charge in [0, 0.05) is 6.04 Å². The van der Waals surface area contributed by atoms with Crippen molar-refractivity contribution in [3.63, 3.8) is 0 Å². The maximum atomic E-state index is 5.52. The second kappa shape index (κ2) is 6.09. The highest BCUT2D eigenvalue weighted by molar-refractivity contribution is 4.74. The van der Waals surface area contributed by atoms with Gasteiger partial charge in [0.05, 0.1) is 0 Å². The van der Waals surface area contributed by atoms with Gasteiger partial charge in [-0.2, -0.15) is 0 Å². The monoisotopic (exact) mass is 128 g/mol. The van der Waals surface area contributed by atoms with Crippen LogP contribution in [-0.2, 0) is 0 Å². The molecular weight excluding hydrogens is 110 g/mol. The van der Waals surface area contributed by atoms with E-state index in [0.29, 0.717) is 0 Å². The van der Waals surface area contributed by atoms with Gasteiger partial charge in [0.2, 0.25) is 0 Å². The topological polar surface area (TPSA) is 26.0 Å². The van der Waals surface area contributed by atoms with Gasteiger partial charge in [-0.05, 0) is 19.8 Å². The lowest BCUT2D eigenvalue weighted by atomic mass is 10.1. The Bertz CT molecular complexity index is 50.5. The van der Waals surface area contributed by atoms with E-state index >= 15 is 0 Å². The fourth-order valence-electron chi connectivity index (χ4n) is 0.775. The Morgan fingerprint density at radius 2 is 2.11 bits per heavy atom. The molecule has 0 amide bonds. The van der Waals surface area contributed by atoms with Gasteiger partial charge in [-0.1, -0.05) is 26.2 Å². The highest BCUT2D eigenvalue weighted by Crippen LogP contribution is 2.02. The van der Waals surface area contributed by atoms with Crippen molar-refractivity contribution in [2.75, 3.05) is 0 Å². The van der Waals surface area contributed by atoms with Gasteiger partial charge in [0.1, 0.15) is 0 Å². The Labute approximate surface area is 58.6 Å². The highest BCUT2D eigenvalue weighted by Gasteiger charge is 1.92. The van der Waals surface area contributed by atoms with Gasteiger partial charge in [0.25, 0.3) is 0 Å². The van der Waals surface area contributed by atoms with Gasteiger partial charge in [-0.15, -0.1) is 0 Å². The van der Waals surface area contributed by atoms with Crippen molar-refractivity contribution in [2.24, 2.45) is 5.73 Å². The quantitative estimate of drug-likeness (QED) is 0.564. The van der Waals surface area contributed by atoms with E-state index in [-0.39, 0.29) is 6.04 Å². The summed E-state index contributed by atoms with van der Waals surface area (Å²) in [5.41, 5.74) is 5.52. The first-order valence-corrected chi connectivity index (χ1v) is 3.86. The molecule has 9 heavy (non-hydrogen) atoms. The van der Waals surface area contributed by atoms with Crippen LogP contribution in [0.4, 0.5) is 0 Å². The molecule has 0 aliphatic carbocycles. The average molecular weight is 128 g/mol. The van der Waals surface area contributed by atoms with Crippen LogP contribution in [0, 0.1) is 6.42 Å². The zero-order valence-corrected chi connectivity index (χ0v) is 6.56. The van der Waals surface area contributed by atoms with E-state index in [1.165, 1.54) is 25.7 Å². The molecule has 0 aromatic carbocycles. The molecule has 0 aliphatic rings. The first kappa shape index (κ1) is 8.96. The fourth-order valence-corrected chi connectivity index (χ4v) is 0.775. The molecule has 0 aromatic rings. The Balaban J connectivity index is 2.75. The Hall–Kier alpha value is -0.0400. The molecule has 0 aromatic heterocycles. The lowest BCUT2D eigenvalue weighted by Crippen LogP contribution is -2.14. The molecule has 1 nitrogen and oxygen atoms in total. The molecule has 0 fully saturated rings. The summed E-state index contributed by atoms with van der Waals surface area (Å²) in [4.78, 5) is 0. The third-order valence-electron chi connectivity index (χ3n) is 1.35. The van der Waals surface area contributed by atoms with Crippen LogP contribution in [0.5, 0.6) is 0 Å². The van der Waals surface area contributed by atoms with Crippen LogP contribution in [0.2, 0.25) is 0 Å². The maximum Gasteiger partial charge on any atom is 0.00419 e. The van der Waals surface area contributed by atoms with Crippen molar-refractivity contribution < 1.29 is 0 Å². The lowest BCUT2D eigenvalue weighted by Gasteiger charge is -2.01. The van der Waals surface area contributed by atoms with E-state index in [0.717, 1.165) is 0 Å². The van der Waals surface area contributed by atoms with E-state index in [1.807, 2.05) is 6.92 Å². The molecule has 55 valence electrons. The summed E-state index contributed by atoms with van der Waals surface area (Å²) in [7, 11) is 0. The number of rotatable bonds is 5. The summed E-state index contributed by atoms with van der Waals surface area (Å²) in [6, 6.07) is 0.279. The predicted octanol–water partition coefficient (Wildman–Crippen LogP) is 2.12. The summed E-state index contributed by atoms with van der Waals surface area (Å²) in [5, 5.41) is 0. The number of unbranched alkanes of at least 4 members (excludes halogenated alkanes) is 3. The van der Waals surface area contributed by atoms with Gasteiger partial charge in [0.15, 0.2) is 0 Å². The maximum absolute atomic E-state index is 5.52. The van der Waals surface area contributed by atoms with Crippen LogP contribution in [0.25, 0.3) is 0 Å². The molecule has 1 heteroatoms. The zero-order chi connectivity index (χ0) is 7.11. The van der Waals surface area contributed by atoms with Crippen LogP contribution >= 0.6 is 0 Å². The molecule has 1 unspecified atom stereocenters. The van der Waals surface area contributed by atoms with Gasteiger partial charge >= 0.3 is 0 Å². The third-order valence-corrected chi connectivity index (χ3v) is 1.35. The first-order chi connectivity index (χ1) is 4.27. The normalized spacial score (nSPS) is 13.7. The largest absolute Gasteiger partial charge is 0.328 e. The Morgan fingerprint density at radius 1 is 1.44 bits per heavy atom. The van der Waals surface area contributed by atoms with Crippen molar-refractivity contribution >= 4 is 0 Å². The first-order valence-electron chi connectivity index (χ1n) is 3.86. The van der Waals surface area contributed by atoms with Crippen molar-refractivity contribution in [1.82, 2.24) is 0 Å². The highest BCUT2D eigenvalue weighted by atomic mass is 14.6. The minimum Gasteiger partial charge on any atom is -0.328 e. The predicted molar refractivity (Wildman–Crippen MR) is 42.1 cm³/mol. The molecule has 0 aliphatic heterocycles. The lowest BCUT2D eigenvalue weighted by molar-refractivity contribution is 0.673. The molecule has 1 atom stereocenters. The Morgan fingerprint density at radius 3 is 2.56 bits per heavy atom. The molecule has 0 bridgehead atoms. The molecule has 0 spiro atoms. The Kier molecular flexibility index (Phi) is 6.06. The molecule has 0 heterocycles. The number of nitrogens with two attached hydrogens (primary N) is 1. The number of hydrogen-bond acceptors (Lipinski definition) is 1. The van der Waals surface area contributed by atoms with Gasteiger partial charge in [-0.25, -0.2) is 0 Å². The average Bonchev–Trinajstić information content (AvgIpc) is 1.80. The van der Waals surface area contributed by atoms with Crippen LogP contribution < -0.4 is 5.73 Å². The number of hydrogen-bond donors (Lipinski definition) is 1. The standard InChI is InChI=1S/C8H18N/c1-3-4-5-6-7-8(2)9/h7-8H,3-6,9H2,1-2H3. The fraction of sp³-hybridized carbons (Fsp3) is 0.875. The van der Waals surface area contributed by atoms with E-state index in [4.69, 9.17) is 5.73 Å². The van der Waals surface area contributed by atoms with Gasteiger partial charge in [-0.3, -0.25) is 0 Å². The van der Waals surface area contributed by atoms with Crippen LogP contribution in [0.3, 0.4) is 0 Å². The summed E-state index contributed by atoms with van der Waals surface area (Å²) in [5.74, 6) is 0. The second-order valence-corrected chi connectivity index (χ2v) is 2.59. The van der Waals surface area contributed by atoms with Crippen LogP contribution in [0.15, 0.2) is 0 Å². The molecular formula is C8H18N. The van der Waals surface area contributed by atoms with Crippen molar-refractivity contribution in [2.45, 2.75) is 45.6 Å². The van der Waals surface area contributed by atoms with Crippen molar-refractivity contribution in [3.8, 4) is 0 Å². The van der Waals surface area contributed by atoms with Gasteiger partial charge < -0.3 is 5.73 Å². The van der Waals surface area contributed by atoms with E-state index < -0.39 is 0 Å². The zero-order valence-electron chi connectivity index (χ0n) is 6.56. The summed E-state index contributed by atoms with van der Waals surface area (Å²) >= 11 is 0. The van der Waals surface area contributed by atoms with Crippen molar-refractivity contribution in [1.29, 1.82) is 0 Å². The minimum atomic E-state index is 0.279.